The van der Waals surface area contributed by atoms with E-state index < -0.39 is 18.0 Å². The van der Waals surface area contributed by atoms with Crippen LogP contribution in [0.25, 0.3) is 11.3 Å². The highest BCUT2D eigenvalue weighted by Crippen LogP contribution is 2.37. The van der Waals surface area contributed by atoms with E-state index in [1.165, 1.54) is 19.7 Å². The van der Waals surface area contributed by atoms with Crippen LogP contribution < -0.4 is 15.4 Å². The minimum Gasteiger partial charge on any atom is -0.496 e. The molecule has 1 aromatic carbocycles. The van der Waals surface area contributed by atoms with Crippen molar-refractivity contribution in [3.05, 3.63) is 29.7 Å². The summed E-state index contributed by atoms with van der Waals surface area (Å²) in [6.07, 6.45) is 1.88. The first kappa shape index (κ1) is 19.6. The predicted molar refractivity (Wildman–Crippen MR) is 96.5 cm³/mol. The zero-order valence-corrected chi connectivity index (χ0v) is 15.3. The summed E-state index contributed by atoms with van der Waals surface area (Å²) in [4.78, 5) is 27.3. The van der Waals surface area contributed by atoms with Gasteiger partial charge in [-0.15, -0.1) is 0 Å². The largest absolute Gasteiger partial charge is 0.496 e. The van der Waals surface area contributed by atoms with Crippen LogP contribution in [0, 0.1) is 5.92 Å². The maximum absolute atomic E-state index is 12.5. The number of anilines is 1. The number of oxazole rings is 1. The van der Waals surface area contributed by atoms with Gasteiger partial charge in [-0.05, 0) is 18.4 Å². The van der Waals surface area contributed by atoms with Crippen LogP contribution in [-0.4, -0.2) is 35.2 Å². The van der Waals surface area contributed by atoms with Crippen molar-refractivity contribution in [2.24, 2.45) is 5.92 Å². The van der Waals surface area contributed by atoms with E-state index in [0.29, 0.717) is 29.2 Å². The lowest BCUT2D eigenvalue weighted by Crippen LogP contribution is -2.44. The summed E-state index contributed by atoms with van der Waals surface area (Å²) in [5.74, 6) is 0.508. The van der Waals surface area contributed by atoms with Gasteiger partial charge in [-0.1, -0.05) is 25.4 Å². The Morgan fingerprint density at radius 2 is 2.12 bits per heavy atom. The maximum atomic E-state index is 12.5. The number of carbonyl (C=O) groups is 2. The third-order valence-electron chi connectivity index (χ3n) is 3.57. The third-order valence-corrected chi connectivity index (χ3v) is 3.88. The topological polar surface area (TPSA) is 114 Å². The molecular formula is C17H20ClN3O5. The normalized spacial score (nSPS) is 11.9. The van der Waals surface area contributed by atoms with Gasteiger partial charge >= 0.3 is 6.09 Å². The van der Waals surface area contributed by atoms with Crippen molar-refractivity contribution in [3.63, 3.8) is 0 Å². The number of carbonyl (C=O) groups excluding carboxylic acids is 1. The van der Waals surface area contributed by atoms with Crippen LogP contribution in [0.1, 0.15) is 20.3 Å². The van der Waals surface area contributed by atoms with E-state index in [1.54, 1.807) is 12.1 Å². The standard InChI is InChI=1S/C17H20ClN3O5/c1-9(2)4-13(21-17(23)24)16(22)20-12-6-14(25-3)10(5-11(12)18)15-7-19-8-26-15/h5-9,13,21H,4H2,1-3H3,(H,20,22)(H,23,24). The van der Waals surface area contributed by atoms with E-state index >= 15 is 0 Å². The molecule has 140 valence electrons. The minimum absolute atomic E-state index is 0.122. The Morgan fingerprint density at radius 3 is 2.65 bits per heavy atom. The molecule has 0 saturated carbocycles. The number of nitrogens with zero attached hydrogens (tertiary/aromatic N) is 1. The quantitative estimate of drug-likeness (QED) is 0.674. The van der Waals surface area contributed by atoms with Gasteiger partial charge < -0.3 is 24.9 Å². The van der Waals surface area contributed by atoms with Gasteiger partial charge in [0, 0.05) is 6.07 Å². The lowest BCUT2D eigenvalue weighted by molar-refractivity contribution is -0.118. The van der Waals surface area contributed by atoms with Gasteiger partial charge in [0.2, 0.25) is 5.91 Å². The van der Waals surface area contributed by atoms with Gasteiger partial charge in [0.25, 0.3) is 0 Å². The fourth-order valence-corrected chi connectivity index (χ4v) is 2.64. The van der Waals surface area contributed by atoms with Gasteiger partial charge in [0.05, 0.1) is 29.6 Å². The molecule has 8 nitrogen and oxygen atoms in total. The number of amides is 2. The number of carboxylic acid groups (broad SMARTS) is 1. The zero-order valence-electron chi connectivity index (χ0n) is 14.6. The highest BCUT2D eigenvalue weighted by atomic mass is 35.5. The molecule has 2 aromatic rings. The van der Waals surface area contributed by atoms with E-state index in [4.69, 9.17) is 25.9 Å². The Labute approximate surface area is 155 Å². The SMILES string of the molecule is COc1cc(NC(=O)C(CC(C)C)NC(=O)O)c(Cl)cc1-c1cnco1. The molecule has 1 heterocycles. The Hall–Kier alpha value is -2.74. The van der Waals surface area contributed by atoms with E-state index in [9.17, 15) is 9.59 Å². The van der Waals surface area contributed by atoms with Gasteiger partial charge in [0.15, 0.2) is 12.2 Å². The monoisotopic (exact) mass is 381 g/mol. The first-order valence-electron chi connectivity index (χ1n) is 7.88. The number of halogens is 1. The van der Waals surface area contributed by atoms with Crippen molar-refractivity contribution < 1.29 is 23.8 Å². The van der Waals surface area contributed by atoms with Crippen LogP contribution >= 0.6 is 11.6 Å². The number of hydrogen-bond donors (Lipinski definition) is 3. The van der Waals surface area contributed by atoms with Gasteiger partial charge in [0.1, 0.15) is 11.8 Å². The number of aromatic nitrogens is 1. The van der Waals surface area contributed by atoms with Gasteiger partial charge in [-0.25, -0.2) is 9.78 Å². The molecule has 0 bridgehead atoms. The Kier molecular flexibility index (Phi) is 6.46. The van der Waals surface area contributed by atoms with E-state index in [0.717, 1.165) is 0 Å². The molecule has 26 heavy (non-hydrogen) atoms. The average Bonchev–Trinajstić information content (AvgIpc) is 3.09. The van der Waals surface area contributed by atoms with Crippen LogP contribution in [-0.2, 0) is 4.79 Å². The Morgan fingerprint density at radius 1 is 1.38 bits per heavy atom. The molecule has 9 heteroatoms. The van der Waals surface area contributed by atoms with E-state index in [-0.39, 0.29) is 10.9 Å². The summed E-state index contributed by atoms with van der Waals surface area (Å²) in [7, 11) is 1.47. The second-order valence-electron chi connectivity index (χ2n) is 6.02. The van der Waals surface area contributed by atoms with Crippen molar-refractivity contribution >= 4 is 29.3 Å². The zero-order chi connectivity index (χ0) is 19.3. The summed E-state index contributed by atoms with van der Waals surface area (Å²) in [6, 6.07) is 2.23. The van der Waals surface area contributed by atoms with Gasteiger partial charge in [-0.3, -0.25) is 4.79 Å². The molecule has 1 aromatic heterocycles. The van der Waals surface area contributed by atoms with E-state index in [2.05, 4.69) is 15.6 Å². The summed E-state index contributed by atoms with van der Waals surface area (Å²) in [5, 5.41) is 14.1. The van der Waals surface area contributed by atoms with Gasteiger partial charge in [-0.2, -0.15) is 0 Å². The number of methoxy groups -OCH3 is 1. The summed E-state index contributed by atoms with van der Waals surface area (Å²) in [5.41, 5.74) is 0.883. The molecule has 0 aliphatic carbocycles. The highest BCUT2D eigenvalue weighted by molar-refractivity contribution is 6.34. The van der Waals surface area contributed by atoms with E-state index in [1.807, 2.05) is 13.8 Å². The van der Waals surface area contributed by atoms with Crippen molar-refractivity contribution in [2.75, 3.05) is 12.4 Å². The summed E-state index contributed by atoms with van der Waals surface area (Å²) < 4.78 is 10.6. The van der Waals surface area contributed by atoms with Crippen molar-refractivity contribution in [2.45, 2.75) is 26.3 Å². The Balaban J connectivity index is 2.27. The lowest BCUT2D eigenvalue weighted by atomic mass is 10.0. The number of nitrogens with one attached hydrogen (secondary N) is 2. The van der Waals surface area contributed by atoms with Crippen LogP contribution in [0.4, 0.5) is 10.5 Å². The average molecular weight is 382 g/mol. The predicted octanol–water partition coefficient (Wildman–Crippen LogP) is 3.62. The van der Waals surface area contributed by atoms with Crippen LogP contribution in [0.5, 0.6) is 5.75 Å². The van der Waals surface area contributed by atoms with Crippen molar-refractivity contribution in [3.8, 4) is 17.1 Å². The van der Waals surface area contributed by atoms with Crippen LogP contribution in [0.2, 0.25) is 5.02 Å². The lowest BCUT2D eigenvalue weighted by Gasteiger charge is -2.19. The first-order valence-corrected chi connectivity index (χ1v) is 8.26. The fraction of sp³-hybridized carbons (Fsp3) is 0.353. The summed E-state index contributed by atoms with van der Waals surface area (Å²) >= 11 is 6.27. The van der Waals surface area contributed by atoms with Crippen molar-refractivity contribution in [1.29, 1.82) is 0 Å². The molecule has 0 radical (unpaired) electrons. The smallest absolute Gasteiger partial charge is 0.405 e. The molecule has 0 spiro atoms. The third kappa shape index (κ3) is 4.89. The molecule has 2 rings (SSSR count). The van der Waals surface area contributed by atoms with Crippen LogP contribution in [0.3, 0.4) is 0 Å². The Bertz CT molecular complexity index is 777. The molecule has 0 aliphatic rings. The van der Waals surface area contributed by atoms with Crippen LogP contribution in [0.15, 0.2) is 29.1 Å². The second kappa shape index (κ2) is 8.57. The fourth-order valence-electron chi connectivity index (χ4n) is 2.43. The molecule has 0 fully saturated rings. The number of hydrogen-bond acceptors (Lipinski definition) is 5. The minimum atomic E-state index is -1.27. The molecule has 1 atom stereocenters. The summed E-state index contributed by atoms with van der Waals surface area (Å²) in [6.45, 7) is 3.79. The first-order chi connectivity index (χ1) is 12.3. The molecule has 1 unspecified atom stereocenters. The maximum Gasteiger partial charge on any atom is 0.405 e. The number of benzene rings is 1. The second-order valence-corrected chi connectivity index (χ2v) is 6.43. The molecule has 0 aliphatic heterocycles. The van der Waals surface area contributed by atoms with Crippen molar-refractivity contribution in [1.82, 2.24) is 10.3 Å². The highest BCUT2D eigenvalue weighted by Gasteiger charge is 2.23. The molecule has 0 saturated heterocycles. The molecular weight excluding hydrogens is 362 g/mol. The molecule has 2 amide bonds. The number of ether oxygens (including phenoxy) is 1. The number of rotatable bonds is 7. The molecule has 3 N–H and O–H groups in total.